The fraction of sp³-hybridized carbons (Fsp3) is 0.214. The fourth-order valence-electron chi connectivity index (χ4n) is 1.84. The van der Waals surface area contributed by atoms with Crippen LogP contribution in [0.25, 0.3) is 0 Å². The van der Waals surface area contributed by atoms with Crippen LogP contribution in [0, 0.1) is 6.92 Å². The first-order chi connectivity index (χ1) is 8.70. The summed E-state index contributed by atoms with van der Waals surface area (Å²) in [6.07, 6.45) is 2.58. The molecule has 1 unspecified atom stereocenters. The lowest BCUT2D eigenvalue weighted by atomic mass is 10.0. The minimum atomic E-state index is 0.0120. The zero-order valence-electron chi connectivity index (χ0n) is 10.2. The van der Waals surface area contributed by atoms with Crippen LogP contribution in [0.1, 0.15) is 22.9 Å². The van der Waals surface area contributed by atoms with E-state index in [-0.39, 0.29) is 6.04 Å². The van der Waals surface area contributed by atoms with Gasteiger partial charge in [-0.3, -0.25) is 16.3 Å². The summed E-state index contributed by atoms with van der Waals surface area (Å²) in [5.41, 5.74) is 5.94. The van der Waals surface area contributed by atoms with Crippen LogP contribution in [0.3, 0.4) is 0 Å². The van der Waals surface area contributed by atoms with E-state index in [0.717, 1.165) is 28.3 Å². The summed E-state index contributed by atoms with van der Waals surface area (Å²) < 4.78 is 0. The van der Waals surface area contributed by atoms with Crippen molar-refractivity contribution in [2.45, 2.75) is 19.4 Å². The number of rotatable bonds is 4. The molecule has 0 amide bonds. The molecule has 94 valence electrons. The average molecular weight is 262 g/mol. The van der Waals surface area contributed by atoms with Crippen molar-refractivity contribution in [1.82, 2.24) is 10.4 Å². The molecule has 0 fully saturated rings. The van der Waals surface area contributed by atoms with E-state index in [4.69, 9.17) is 17.4 Å². The van der Waals surface area contributed by atoms with Crippen molar-refractivity contribution in [2.75, 3.05) is 0 Å². The van der Waals surface area contributed by atoms with E-state index < -0.39 is 0 Å². The molecular weight excluding hydrogens is 246 g/mol. The molecule has 0 spiro atoms. The fourth-order valence-corrected chi connectivity index (χ4v) is 2.06. The molecule has 0 bridgehead atoms. The highest BCUT2D eigenvalue weighted by molar-refractivity contribution is 6.31. The van der Waals surface area contributed by atoms with Crippen molar-refractivity contribution in [3.8, 4) is 0 Å². The number of halogens is 1. The molecule has 2 aromatic rings. The summed E-state index contributed by atoms with van der Waals surface area (Å²) in [5, 5.41) is 0.762. The van der Waals surface area contributed by atoms with Gasteiger partial charge in [0.25, 0.3) is 0 Å². The van der Waals surface area contributed by atoms with E-state index in [1.54, 1.807) is 0 Å². The Morgan fingerprint density at radius 3 is 2.67 bits per heavy atom. The maximum Gasteiger partial charge on any atom is 0.0516 e. The van der Waals surface area contributed by atoms with Crippen molar-refractivity contribution in [3.63, 3.8) is 0 Å². The molecule has 4 heteroatoms. The SMILES string of the molecule is Cc1ccc(C(Cc2ccccc2Cl)NN)cn1. The Kier molecular flexibility index (Phi) is 4.31. The Hall–Kier alpha value is -1.42. The first kappa shape index (κ1) is 13.0. The second kappa shape index (κ2) is 5.96. The molecule has 0 radical (unpaired) electrons. The van der Waals surface area contributed by atoms with Crippen LogP contribution < -0.4 is 11.3 Å². The van der Waals surface area contributed by atoms with Gasteiger partial charge in [-0.15, -0.1) is 0 Å². The molecule has 3 nitrogen and oxygen atoms in total. The van der Waals surface area contributed by atoms with Gasteiger partial charge in [0.05, 0.1) is 6.04 Å². The van der Waals surface area contributed by atoms with Gasteiger partial charge in [-0.1, -0.05) is 35.9 Å². The van der Waals surface area contributed by atoms with Crippen LogP contribution in [0.5, 0.6) is 0 Å². The van der Waals surface area contributed by atoms with E-state index in [2.05, 4.69) is 10.4 Å². The number of aryl methyl sites for hydroxylation is 1. The molecule has 1 atom stereocenters. The molecule has 1 aromatic carbocycles. The standard InChI is InChI=1S/C14H16ClN3/c1-10-6-7-12(9-17-10)14(18-16)8-11-4-2-3-5-13(11)15/h2-7,9,14,18H,8,16H2,1H3. The number of nitrogens with one attached hydrogen (secondary N) is 1. The molecule has 18 heavy (non-hydrogen) atoms. The first-order valence-corrected chi connectivity index (χ1v) is 6.20. The van der Waals surface area contributed by atoms with Gasteiger partial charge in [0, 0.05) is 16.9 Å². The third-order valence-corrected chi connectivity index (χ3v) is 3.29. The molecule has 1 aromatic heterocycles. The monoisotopic (exact) mass is 261 g/mol. The summed E-state index contributed by atoms with van der Waals surface area (Å²) in [5.74, 6) is 5.62. The van der Waals surface area contributed by atoms with Crippen molar-refractivity contribution in [2.24, 2.45) is 5.84 Å². The lowest BCUT2D eigenvalue weighted by molar-refractivity contribution is 0.550. The molecule has 3 N–H and O–H groups in total. The van der Waals surface area contributed by atoms with Crippen molar-refractivity contribution in [1.29, 1.82) is 0 Å². The van der Waals surface area contributed by atoms with Crippen LogP contribution in [0.2, 0.25) is 5.02 Å². The van der Waals surface area contributed by atoms with Crippen LogP contribution in [-0.2, 0) is 6.42 Å². The summed E-state index contributed by atoms with van der Waals surface area (Å²) in [4.78, 5) is 4.28. The predicted molar refractivity (Wildman–Crippen MR) is 74.2 cm³/mol. The Balaban J connectivity index is 2.20. The second-order valence-corrected chi connectivity index (χ2v) is 4.65. The number of pyridine rings is 1. The van der Waals surface area contributed by atoms with Gasteiger partial charge in [0.15, 0.2) is 0 Å². The van der Waals surface area contributed by atoms with E-state index in [0.29, 0.717) is 0 Å². The maximum atomic E-state index is 6.15. The Bertz CT molecular complexity index is 511. The van der Waals surface area contributed by atoms with E-state index in [9.17, 15) is 0 Å². The number of nitrogens with zero attached hydrogens (tertiary/aromatic N) is 1. The summed E-state index contributed by atoms with van der Waals surface area (Å²) in [6, 6.07) is 11.8. The maximum absolute atomic E-state index is 6.15. The van der Waals surface area contributed by atoms with Gasteiger partial charge < -0.3 is 0 Å². The third-order valence-electron chi connectivity index (χ3n) is 2.92. The Morgan fingerprint density at radius 2 is 2.06 bits per heavy atom. The zero-order valence-corrected chi connectivity index (χ0v) is 11.0. The van der Waals surface area contributed by atoms with Crippen LogP contribution in [0.4, 0.5) is 0 Å². The largest absolute Gasteiger partial charge is 0.271 e. The molecule has 0 saturated heterocycles. The number of aromatic nitrogens is 1. The molecule has 1 heterocycles. The minimum absolute atomic E-state index is 0.0120. The lowest BCUT2D eigenvalue weighted by Crippen LogP contribution is -2.29. The van der Waals surface area contributed by atoms with Gasteiger partial charge in [-0.05, 0) is 36.6 Å². The lowest BCUT2D eigenvalue weighted by Gasteiger charge is -2.17. The highest BCUT2D eigenvalue weighted by Crippen LogP contribution is 2.22. The van der Waals surface area contributed by atoms with Crippen molar-refractivity contribution >= 4 is 11.6 Å². The normalized spacial score (nSPS) is 12.4. The molecule has 0 aliphatic heterocycles. The van der Waals surface area contributed by atoms with Gasteiger partial charge >= 0.3 is 0 Å². The summed E-state index contributed by atoms with van der Waals surface area (Å²) in [6.45, 7) is 1.96. The van der Waals surface area contributed by atoms with E-state index in [1.165, 1.54) is 0 Å². The van der Waals surface area contributed by atoms with E-state index in [1.807, 2.05) is 49.5 Å². The minimum Gasteiger partial charge on any atom is -0.271 e. The molecule has 0 aliphatic carbocycles. The molecule has 0 saturated carbocycles. The summed E-state index contributed by atoms with van der Waals surface area (Å²) >= 11 is 6.15. The number of hydrogen-bond acceptors (Lipinski definition) is 3. The first-order valence-electron chi connectivity index (χ1n) is 5.83. The van der Waals surface area contributed by atoms with Crippen molar-refractivity contribution in [3.05, 3.63) is 64.4 Å². The number of benzene rings is 1. The van der Waals surface area contributed by atoms with Gasteiger partial charge in [0.1, 0.15) is 0 Å². The number of hydrogen-bond donors (Lipinski definition) is 2. The summed E-state index contributed by atoms with van der Waals surface area (Å²) in [7, 11) is 0. The molecular formula is C14H16ClN3. The average Bonchev–Trinajstić information content (AvgIpc) is 2.39. The zero-order chi connectivity index (χ0) is 13.0. The van der Waals surface area contributed by atoms with Crippen LogP contribution >= 0.6 is 11.6 Å². The van der Waals surface area contributed by atoms with Crippen molar-refractivity contribution < 1.29 is 0 Å². The third kappa shape index (κ3) is 3.07. The molecule has 0 aliphatic rings. The Labute approximate surface area is 112 Å². The second-order valence-electron chi connectivity index (χ2n) is 4.25. The quantitative estimate of drug-likeness (QED) is 0.657. The van der Waals surface area contributed by atoms with Crippen LogP contribution in [-0.4, -0.2) is 4.98 Å². The van der Waals surface area contributed by atoms with Gasteiger partial charge in [0.2, 0.25) is 0 Å². The van der Waals surface area contributed by atoms with Gasteiger partial charge in [-0.25, -0.2) is 0 Å². The topological polar surface area (TPSA) is 50.9 Å². The number of hydrazine groups is 1. The van der Waals surface area contributed by atoms with Crippen LogP contribution in [0.15, 0.2) is 42.6 Å². The number of nitrogens with two attached hydrogens (primary N) is 1. The molecule has 2 rings (SSSR count). The smallest absolute Gasteiger partial charge is 0.0516 e. The predicted octanol–water partition coefficient (Wildman–Crippen LogP) is 2.79. The van der Waals surface area contributed by atoms with Gasteiger partial charge in [-0.2, -0.15) is 0 Å². The Morgan fingerprint density at radius 1 is 1.28 bits per heavy atom. The highest BCUT2D eigenvalue weighted by atomic mass is 35.5. The highest BCUT2D eigenvalue weighted by Gasteiger charge is 2.12. The van der Waals surface area contributed by atoms with E-state index >= 15 is 0 Å².